The second kappa shape index (κ2) is 8.43. The van der Waals surface area contributed by atoms with Gasteiger partial charge >= 0.3 is 5.97 Å². The molecule has 0 aromatic rings. The molecule has 2 N–H and O–H groups in total. The molecule has 1 saturated heterocycles. The van der Waals surface area contributed by atoms with Crippen LogP contribution in [0.1, 0.15) is 33.1 Å². The number of likely N-dealkylation sites (tertiary alicyclic amines) is 1. The van der Waals surface area contributed by atoms with E-state index in [1.807, 2.05) is 4.90 Å². The van der Waals surface area contributed by atoms with Crippen LogP contribution in [0.5, 0.6) is 0 Å². The molecule has 1 rings (SSSR count). The van der Waals surface area contributed by atoms with Crippen LogP contribution in [0.15, 0.2) is 0 Å². The number of hydrogen-bond donors (Lipinski definition) is 1. The van der Waals surface area contributed by atoms with Gasteiger partial charge in [0.1, 0.15) is 6.04 Å². The van der Waals surface area contributed by atoms with Crippen LogP contribution in [0.3, 0.4) is 0 Å². The lowest BCUT2D eigenvalue weighted by Crippen LogP contribution is -2.43. The van der Waals surface area contributed by atoms with E-state index in [1.165, 1.54) is 18.2 Å². The largest absolute Gasteiger partial charge is 0.465 e. The number of hydrogen-bond acceptors (Lipinski definition) is 5. The first-order valence-electron chi connectivity index (χ1n) is 6.85. The summed E-state index contributed by atoms with van der Waals surface area (Å²) in [6, 6.07) is -0.308. The molecule has 0 spiro atoms. The zero-order chi connectivity index (χ0) is 14.3. The van der Waals surface area contributed by atoms with Crippen molar-refractivity contribution in [1.29, 1.82) is 0 Å². The van der Waals surface area contributed by atoms with Gasteiger partial charge in [0.2, 0.25) is 5.91 Å². The van der Waals surface area contributed by atoms with Gasteiger partial charge in [-0.05, 0) is 33.1 Å². The highest BCUT2D eigenvalue weighted by Gasteiger charge is 2.23. The zero-order valence-electron chi connectivity index (χ0n) is 11.8. The van der Waals surface area contributed by atoms with Gasteiger partial charge in [-0.2, -0.15) is 0 Å². The number of rotatable bonds is 6. The van der Waals surface area contributed by atoms with Gasteiger partial charge in [0.15, 0.2) is 0 Å². The fourth-order valence-corrected chi connectivity index (χ4v) is 2.99. The van der Waals surface area contributed by atoms with E-state index in [2.05, 4.69) is 6.92 Å². The third kappa shape index (κ3) is 5.40. The number of nitrogens with two attached hydrogens (primary N) is 1. The summed E-state index contributed by atoms with van der Waals surface area (Å²) >= 11 is 1.40. The lowest BCUT2D eigenvalue weighted by atomic mass is 10.0. The second-order valence-corrected chi connectivity index (χ2v) is 5.84. The van der Waals surface area contributed by atoms with Crippen molar-refractivity contribution < 1.29 is 14.3 Å². The topological polar surface area (TPSA) is 72.6 Å². The fourth-order valence-electron chi connectivity index (χ4n) is 2.14. The van der Waals surface area contributed by atoms with Crippen LogP contribution in [0.4, 0.5) is 0 Å². The van der Waals surface area contributed by atoms with Gasteiger partial charge in [0, 0.05) is 18.3 Å². The summed E-state index contributed by atoms with van der Waals surface area (Å²) in [5.74, 6) is 0.562. The Labute approximate surface area is 119 Å². The summed E-state index contributed by atoms with van der Waals surface area (Å²) in [6.07, 6.45) is 3.37. The molecule has 0 saturated carbocycles. The van der Waals surface area contributed by atoms with E-state index in [1.54, 1.807) is 6.92 Å². The van der Waals surface area contributed by atoms with Crippen LogP contribution < -0.4 is 5.73 Å². The predicted molar refractivity (Wildman–Crippen MR) is 77.0 cm³/mol. The van der Waals surface area contributed by atoms with E-state index in [0.717, 1.165) is 19.4 Å². The Morgan fingerprint density at radius 3 is 2.84 bits per heavy atom. The van der Waals surface area contributed by atoms with Crippen molar-refractivity contribution in [2.24, 2.45) is 5.73 Å². The van der Waals surface area contributed by atoms with Crippen molar-refractivity contribution in [2.75, 3.05) is 24.7 Å². The second-order valence-electron chi connectivity index (χ2n) is 4.81. The number of carbonyl (C=O) groups is 2. The number of piperidine rings is 1. The molecular formula is C13H24N2O3S. The smallest absolute Gasteiger partial charge is 0.323 e. The average molecular weight is 288 g/mol. The van der Waals surface area contributed by atoms with Gasteiger partial charge in [-0.3, -0.25) is 9.59 Å². The first kappa shape index (κ1) is 16.3. The Hall–Kier alpha value is -0.750. The van der Waals surface area contributed by atoms with Crippen molar-refractivity contribution in [3.63, 3.8) is 0 Å². The van der Waals surface area contributed by atoms with E-state index in [-0.39, 0.29) is 5.91 Å². The number of amides is 1. The standard InChI is InChI=1S/C13H24N2O3S/c1-3-18-13(17)11(14)8-19-9-12(16)15-7-5-4-6-10(15)2/h10-11H,3-9,14H2,1-2H3. The maximum absolute atomic E-state index is 12.0. The first-order chi connectivity index (χ1) is 9.06. The van der Waals surface area contributed by atoms with E-state index in [4.69, 9.17) is 10.5 Å². The maximum Gasteiger partial charge on any atom is 0.323 e. The van der Waals surface area contributed by atoms with Gasteiger partial charge in [-0.15, -0.1) is 11.8 Å². The Kier molecular flexibility index (Phi) is 7.23. The quantitative estimate of drug-likeness (QED) is 0.739. The van der Waals surface area contributed by atoms with Gasteiger partial charge < -0.3 is 15.4 Å². The number of esters is 1. The molecule has 0 aromatic heterocycles. The molecule has 0 aliphatic carbocycles. The van der Waals surface area contributed by atoms with Crippen LogP contribution in [0.2, 0.25) is 0 Å². The highest BCUT2D eigenvalue weighted by molar-refractivity contribution is 8.00. The van der Waals surface area contributed by atoms with Crippen molar-refractivity contribution in [3.8, 4) is 0 Å². The van der Waals surface area contributed by atoms with E-state index >= 15 is 0 Å². The van der Waals surface area contributed by atoms with Crippen LogP contribution >= 0.6 is 11.8 Å². The SMILES string of the molecule is CCOC(=O)C(N)CSCC(=O)N1CCCCC1C. The molecule has 110 valence electrons. The monoisotopic (exact) mass is 288 g/mol. The average Bonchev–Trinajstić information content (AvgIpc) is 2.39. The van der Waals surface area contributed by atoms with Crippen LogP contribution in [0.25, 0.3) is 0 Å². The molecule has 2 unspecified atom stereocenters. The zero-order valence-corrected chi connectivity index (χ0v) is 12.6. The highest BCUT2D eigenvalue weighted by Crippen LogP contribution is 2.17. The van der Waals surface area contributed by atoms with Gasteiger partial charge in [0.05, 0.1) is 12.4 Å². The van der Waals surface area contributed by atoms with E-state index in [9.17, 15) is 9.59 Å². The van der Waals surface area contributed by atoms with Gasteiger partial charge in [0.25, 0.3) is 0 Å². The highest BCUT2D eigenvalue weighted by atomic mass is 32.2. The van der Waals surface area contributed by atoms with Crippen molar-refractivity contribution in [2.45, 2.75) is 45.2 Å². The van der Waals surface area contributed by atoms with Gasteiger partial charge in [-0.25, -0.2) is 0 Å². The van der Waals surface area contributed by atoms with E-state index in [0.29, 0.717) is 24.2 Å². The van der Waals surface area contributed by atoms with Crippen molar-refractivity contribution >= 4 is 23.6 Å². The fraction of sp³-hybridized carbons (Fsp3) is 0.846. The summed E-state index contributed by atoms with van der Waals surface area (Å²) in [5.41, 5.74) is 5.67. The molecule has 19 heavy (non-hydrogen) atoms. The minimum atomic E-state index is -0.642. The van der Waals surface area contributed by atoms with Crippen molar-refractivity contribution in [3.05, 3.63) is 0 Å². The summed E-state index contributed by atoms with van der Waals surface area (Å²) in [6.45, 7) is 5.02. The lowest BCUT2D eigenvalue weighted by molar-refractivity contribution is -0.144. The minimum Gasteiger partial charge on any atom is -0.465 e. The molecule has 1 fully saturated rings. The molecule has 0 radical (unpaired) electrons. The van der Waals surface area contributed by atoms with E-state index < -0.39 is 12.0 Å². The molecule has 1 amide bonds. The number of thioether (sulfide) groups is 1. The molecular weight excluding hydrogens is 264 g/mol. The molecule has 0 aromatic carbocycles. The Bertz CT molecular complexity index is 312. The third-order valence-corrected chi connectivity index (χ3v) is 4.28. The minimum absolute atomic E-state index is 0.147. The molecule has 1 heterocycles. The predicted octanol–water partition coefficient (Wildman–Crippen LogP) is 1.01. The Morgan fingerprint density at radius 1 is 1.47 bits per heavy atom. The summed E-state index contributed by atoms with van der Waals surface area (Å²) < 4.78 is 4.82. The molecule has 0 bridgehead atoms. The van der Waals surface area contributed by atoms with Crippen LogP contribution in [-0.2, 0) is 14.3 Å². The van der Waals surface area contributed by atoms with Crippen LogP contribution in [-0.4, -0.2) is 53.5 Å². The van der Waals surface area contributed by atoms with Crippen molar-refractivity contribution in [1.82, 2.24) is 4.90 Å². The molecule has 1 aliphatic rings. The Balaban J connectivity index is 2.24. The molecule has 2 atom stereocenters. The maximum atomic E-state index is 12.0. The first-order valence-corrected chi connectivity index (χ1v) is 8.01. The van der Waals surface area contributed by atoms with Crippen LogP contribution in [0, 0.1) is 0 Å². The number of carbonyl (C=O) groups excluding carboxylic acids is 2. The molecule has 1 aliphatic heterocycles. The number of ether oxygens (including phenoxy) is 1. The summed E-state index contributed by atoms with van der Waals surface area (Å²) in [5, 5.41) is 0. The number of nitrogens with zero attached hydrogens (tertiary/aromatic N) is 1. The summed E-state index contributed by atoms with van der Waals surface area (Å²) in [7, 11) is 0. The molecule has 5 nitrogen and oxygen atoms in total. The lowest BCUT2D eigenvalue weighted by Gasteiger charge is -2.33. The summed E-state index contributed by atoms with van der Waals surface area (Å²) in [4.78, 5) is 25.3. The molecule has 6 heteroatoms. The normalized spacial score (nSPS) is 21.0. The van der Waals surface area contributed by atoms with Gasteiger partial charge in [-0.1, -0.05) is 0 Å². The Morgan fingerprint density at radius 2 is 2.21 bits per heavy atom. The third-order valence-electron chi connectivity index (χ3n) is 3.24.